The van der Waals surface area contributed by atoms with E-state index >= 15 is 0 Å². The van der Waals surface area contributed by atoms with E-state index in [9.17, 15) is 14.4 Å². The van der Waals surface area contributed by atoms with Gasteiger partial charge >= 0.3 is 0 Å². The highest BCUT2D eigenvalue weighted by Crippen LogP contribution is 2.37. The lowest BCUT2D eigenvalue weighted by atomic mass is 10.0. The van der Waals surface area contributed by atoms with Gasteiger partial charge in [0.2, 0.25) is 5.91 Å². The molecule has 1 aliphatic rings. The van der Waals surface area contributed by atoms with E-state index in [1.807, 2.05) is 25.1 Å². The number of hydrogen-bond donors (Lipinski definition) is 3. The van der Waals surface area contributed by atoms with E-state index in [1.54, 1.807) is 6.07 Å². The van der Waals surface area contributed by atoms with Gasteiger partial charge in [-0.15, -0.1) is 11.3 Å². The maximum absolute atomic E-state index is 12.7. The summed E-state index contributed by atoms with van der Waals surface area (Å²) in [7, 11) is 0. The van der Waals surface area contributed by atoms with E-state index in [-0.39, 0.29) is 11.8 Å². The van der Waals surface area contributed by atoms with E-state index in [0.717, 1.165) is 48.1 Å². The molecule has 0 saturated heterocycles. The molecule has 0 aliphatic heterocycles. The topological polar surface area (TPSA) is 87.3 Å². The lowest BCUT2D eigenvalue weighted by Crippen LogP contribution is -2.40. The van der Waals surface area contributed by atoms with E-state index < -0.39 is 5.91 Å². The summed E-state index contributed by atoms with van der Waals surface area (Å²) in [5.41, 5.74) is 7.76. The fourth-order valence-corrected chi connectivity index (χ4v) is 4.52. The van der Waals surface area contributed by atoms with Crippen molar-refractivity contribution in [2.45, 2.75) is 46.0 Å². The summed E-state index contributed by atoms with van der Waals surface area (Å²) in [6, 6.07) is 7.32. The summed E-state index contributed by atoms with van der Waals surface area (Å²) in [5.74, 6) is -0.997. The lowest BCUT2D eigenvalue weighted by Gasteiger charge is -2.10. The number of hydrazine groups is 1. The molecule has 1 heterocycles. The molecule has 1 aromatic carbocycles. The highest BCUT2D eigenvalue weighted by molar-refractivity contribution is 7.17. The summed E-state index contributed by atoms with van der Waals surface area (Å²) in [6.07, 6.45) is 4.91. The molecule has 142 valence electrons. The van der Waals surface area contributed by atoms with Crippen molar-refractivity contribution in [3.8, 4) is 0 Å². The van der Waals surface area contributed by atoms with Crippen LogP contribution in [0.3, 0.4) is 0 Å². The third kappa shape index (κ3) is 4.54. The van der Waals surface area contributed by atoms with Crippen LogP contribution < -0.4 is 16.2 Å². The fraction of sp³-hybridized carbons (Fsp3) is 0.350. The van der Waals surface area contributed by atoms with Gasteiger partial charge in [-0.3, -0.25) is 25.2 Å². The monoisotopic (exact) mass is 385 g/mol. The zero-order valence-electron chi connectivity index (χ0n) is 15.5. The van der Waals surface area contributed by atoms with Crippen molar-refractivity contribution in [2.24, 2.45) is 0 Å². The molecule has 0 radical (unpaired) electrons. The van der Waals surface area contributed by atoms with Crippen molar-refractivity contribution < 1.29 is 14.4 Å². The second-order valence-electron chi connectivity index (χ2n) is 6.73. The van der Waals surface area contributed by atoms with Gasteiger partial charge in [0.15, 0.2) is 0 Å². The van der Waals surface area contributed by atoms with Crippen LogP contribution >= 0.6 is 11.3 Å². The summed E-state index contributed by atoms with van der Waals surface area (Å²) >= 11 is 1.46. The lowest BCUT2D eigenvalue weighted by molar-refractivity contribution is -0.119. The minimum atomic E-state index is -0.399. The molecule has 6 nitrogen and oxygen atoms in total. The Labute approximate surface area is 162 Å². The van der Waals surface area contributed by atoms with Gasteiger partial charge in [-0.2, -0.15) is 0 Å². The number of fused-ring (bicyclic) bond motifs is 1. The molecule has 1 aromatic heterocycles. The second kappa shape index (κ2) is 8.35. The van der Waals surface area contributed by atoms with Gasteiger partial charge in [0.25, 0.3) is 11.8 Å². The van der Waals surface area contributed by atoms with Crippen LogP contribution in [-0.2, 0) is 17.6 Å². The zero-order valence-corrected chi connectivity index (χ0v) is 16.3. The van der Waals surface area contributed by atoms with Crippen LogP contribution in [-0.4, -0.2) is 17.7 Å². The Morgan fingerprint density at radius 1 is 1.00 bits per heavy atom. The second-order valence-corrected chi connectivity index (χ2v) is 7.83. The van der Waals surface area contributed by atoms with Crippen LogP contribution in [0.15, 0.2) is 24.3 Å². The number of nitrogens with one attached hydrogen (secondary N) is 3. The molecular formula is C20H23N3O3S. The number of thiophene rings is 1. The molecule has 3 N–H and O–H groups in total. The number of amides is 3. The van der Waals surface area contributed by atoms with Crippen molar-refractivity contribution in [1.29, 1.82) is 0 Å². The van der Waals surface area contributed by atoms with Gasteiger partial charge in [-0.1, -0.05) is 24.1 Å². The van der Waals surface area contributed by atoms with Crippen molar-refractivity contribution in [3.05, 3.63) is 51.4 Å². The standard InChI is InChI=1S/C20H23N3O3S/c1-12-7-6-8-14(11-12)18(25)21-20-17(19(26)23-22-13(2)24)15-9-4-3-5-10-16(15)27-20/h6-8,11H,3-5,9-10H2,1-2H3,(H,21,25)(H,22,24)(H,23,26). The Morgan fingerprint density at radius 2 is 1.78 bits per heavy atom. The number of benzene rings is 1. The average Bonchev–Trinajstić information content (AvgIpc) is 2.80. The van der Waals surface area contributed by atoms with E-state index in [1.165, 1.54) is 18.3 Å². The van der Waals surface area contributed by atoms with Crippen molar-refractivity contribution in [2.75, 3.05) is 5.32 Å². The summed E-state index contributed by atoms with van der Waals surface area (Å²) in [4.78, 5) is 37.7. The molecule has 27 heavy (non-hydrogen) atoms. The first-order chi connectivity index (χ1) is 13.0. The quantitative estimate of drug-likeness (QED) is 0.559. The smallest absolute Gasteiger partial charge is 0.272 e. The summed E-state index contributed by atoms with van der Waals surface area (Å²) in [5, 5.41) is 3.44. The Balaban J connectivity index is 1.92. The van der Waals surface area contributed by atoms with Crippen LogP contribution in [0.1, 0.15) is 62.9 Å². The Hall–Kier alpha value is -2.67. The summed E-state index contributed by atoms with van der Waals surface area (Å²) in [6.45, 7) is 3.26. The van der Waals surface area contributed by atoms with Crippen molar-refractivity contribution in [3.63, 3.8) is 0 Å². The molecule has 3 rings (SSSR count). The molecule has 0 fully saturated rings. The molecule has 0 atom stereocenters. The van der Waals surface area contributed by atoms with Crippen LogP contribution in [0.25, 0.3) is 0 Å². The first-order valence-corrected chi connectivity index (χ1v) is 9.87. The van der Waals surface area contributed by atoms with Gasteiger partial charge in [-0.25, -0.2) is 0 Å². The van der Waals surface area contributed by atoms with Crippen LogP contribution in [0.2, 0.25) is 0 Å². The minimum Gasteiger partial charge on any atom is -0.313 e. The number of carbonyl (C=O) groups is 3. The molecule has 3 amide bonds. The average molecular weight is 385 g/mol. The SMILES string of the molecule is CC(=O)NNC(=O)c1c(NC(=O)c2cccc(C)c2)sc2c1CCCCC2. The molecule has 0 unspecified atom stereocenters. The zero-order chi connectivity index (χ0) is 19.4. The highest BCUT2D eigenvalue weighted by atomic mass is 32.1. The maximum atomic E-state index is 12.7. The number of rotatable bonds is 3. The van der Waals surface area contributed by atoms with Crippen molar-refractivity contribution >= 4 is 34.1 Å². The third-order valence-electron chi connectivity index (χ3n) is 4.51. The molecule has 7 heteroatoms. The van der Waals surface area contributed by atoms with E-state index in [0.29, 0.717) is 16.1 Å². The Kier molecular flexibility index (Phi) is 5.91. The largest absolute Gasteiger partial charge is 0.313 e. The van der Waals surface area contributed by atoms with Crippen LogP contribution in [0, 0.1) is 6.92 Å². The summed E-state index contributed by atoms with van der Waals surface area (Å²) < 4.78 is 0. The van der Waals surface area contributed by atoms with Gasteiger partial charge < -0.3 is 5.32 Å². The Bertz CT molecular complexity index is 889. The van der Waals surface area contributed by atoms with E-state index in [4.69, 9.17) is 0 Å². The molecular weight excluding hydrogens is 362 g/mol. The van der Waals surface area contributed by atoms with Crippen LogP contribution in [0.5, 0.6) is 0 Å². The van der Waals surface area contributed by atoms with E-state index in [2.05, 4.69) is 16.2 Å². The molecule has 2 aromatic rings. The molecule has 1 aliphatic carbocycles. The maximum Gasteiger partial charge on any atom is 0.272 e. The Morgan fingerprint density at radius 3 is 2.52 bits per heavy atom. The number of carbonyl (C=O) groups excluding carboxylic acids is 3. The minimum absolute atomic E-state index is 0.247. The fourth-order valence-electron chi connectivity index (χ4n) is 3.24. The van der Waals surface area contributed by atoms with Gasteiger partial charge in [0.05, 0.1) is 5.56 Å². The molecule has 0 spiro atoms. The predicted octanol–water partition coefficient (Wildman–Crippen LogP) is 3.36. The number of aryl methyl sites for hydroxylation is 2. The first kappa shape index (κ1) is 19.1. The van der Waals surface area contributed by atoms with Gasteiger partial charge in [0, 0.05) is 17.4 Å². The third-order valence-corrected chi connectivity index (χ3v) is 5.71. The number of hydrogen-bond acceptors (Lipinski definition) is 4. The highest BCUT2D eigenvalue weighted by Gasteiger charge is 2.26. The first-order valence-electron chi connectivity index (χ1n) is 9.05. The van der Waals surface area contributed by atoms with Gasteiger partial charge in [0.1, 0.15) is 5.00 Å². The molecule has 0 saturated carbocycles. The van der Waals surface area contributed by atoms with Crippen molar-refractivity contribution in [1.82, 2.24) is 10.9 Å². The predicted molar refractivity (Wildman–Crippen MR) is 106 cm³/mol. The molecule has 0 bridgehead atoms. The number of anilines is 1. The normalized spacial score (nSPS) is 13.3. The van der Waals surface area contributed by atoms with Gasteiger partial charge in [-0.05, 0) is 50.3 Å². The van der Waals surface area contributed by atoms with Crippen LogP contribution in [0.4, 0.5) is 5.00 Å².